The number of methoxy groups -OCH3 is 1. The van der Waals surface area contributed by atoms with E-state index in [0.717, 1.165) is 5.56 Å². The first-order chi connectivity index (χ1) is 11.5. The van der Waals surface area contributed by atoms with Gasteiger partial charge in [0.05, 0.1) is 18.8 Å². The van der Waals surface area contributed by atoms with E-state index in [2.05, 4.69) is 16.3 Å². The minimum absolute atomic E-state index is 0.205. The van der Waals surface area contributed by atoms with Gasteiger partial charge >= 0.3 is 0 Å². The molecule has 0 radical (unpaired) electrons. The summed E-state index contributed by atoms with van der Waals surface area (Å²) in [5, 5.41) is 7.18. The van der Waals surface area contributed by atoms with Crippen molar-refractivity contribution in [2.45, 2.75) is 19.9 Å². The quantitative estimate of drug-likeness (QED) is 0.827. The van der Waals surface area contributed by atoms with Crippen molar-refractivity contribution in [3.05, 3.63) is 41.1 Å². The lowest BCUT2D eigenvalue weighted by molar-refractivity contribution is 0.0935. The number of aromatic nitrogens is 2. The molecule has 0 aliphatic rings. The molecule has 0 spiro atoms. The highest BCUT2D eigenvalue weighted by Crippen LogP contribution is 2.23. The monoisotopic (exact) mass is 327 g/mol. The molecule has 0 saturated carbocycles. The Morgan fingerprint density at radius 2 is 2.25 bits per heavy atom. The van der Waals surface area contributed by atoms with E-state index in [1.807, 2.05) is 31.2 Å². The van der Waals surface area contributed by atoms with Gasteiger partial charge in [0.2, 0.25) is 5.88 Å². The Hall–Kier alpha value is -2.94. The van der Waals surface area contributed by atoms with Crippen molar-refractivity contribution < 1.29 is 14.3 Å². The molecule has 0 aliphatic heterocycles. The van der Waals surface area contributed by atoms with Crippen LogP contribution in [0.25, 0.3) is 0 Å². The van der Waals surface area contributed by atoms with E-state index in [-0.39, 0.29) is 18.6 Å². The molecule has 1 aromatic carbocycles. The van der Waals surface area contributed by atoms with E-state index >= 15 is 0 Å². The second kappa shape index (κ2) is 7.55. The average molecular weight is 327 g/mol. The minimum atomic E-state index is -0.236. The summed E-state index contributed by atoms with van der Waals surface area (Å²) in [4.78, 5) is 12.6. The smallest absolute Gasteiger partial charge is 0.259 e. The topological polar surface area (TPSA) is 65.4 Å². The predicted octanol–water partition coefficient (Wildman–Crippen LogP) is 2.24. The fourth-order valence-corrected chi connectivity index (χ4v) is 2.48. The van der Waals surface area contributed by atoms with Crippen LogP contribution in [-0.4, -0.2) is 29.4 Å². The van der Waals surface area contributed by atoms with Gasteiger partial charge in [-0.3, -0.25) is 4.79 Å². The van der Waals surface area contributed by atoms with Crippen LogP contribution in [0.2, 0.25) is 0 Å². The van der Waals surface area contributed by atoms with Gasteiger partial charge in [-0.25, -0.2) is 4.68 Å². The number of hydrogen-bond donors (Lipinski definition) is 1. The Morgan fingerprint density at radius 3 is 2.92 bits per heavy atom. The second-order valence-corrected chi connectivity index (χ2v) is 5.35. The average Bonchev–Trinajstić information content (AvgIpc) is 2.86. The van der Waals surface area contributed by atoms with Gasteiger partial charge in [0.1, 0.15) is 17.9 Å². The summed E-state index contributed by atoms with van der Waals surface area (Å²) in [6.07, 6.45) is 5.20. The molecule has 2 aromatic rings. The zero-order valence-corrected chi connectivity index (χ0v) is 14.3. The zero-order chi connectivity index (χ0) is 17.7. The molecule has 1 N–H and O–H groups in total. The lowest BCUT2D eigenvalue weighted by atomic mass is 10.1. The molecule has 1 amide bonds. The number of carbonyl (C=O) groups excluding carboxylic acids is 1. The molecule has 6 nitrogen and oxygen atoms in total. The number of aryl methyl sites for hydroxylation is 2. The Labute approximate surface area is 141 Å². The fraction of sp³-hybridized carbons (Fsp3) is 0.333. The van der Waals surface area contributed by atoms with Crippen LogP contribution in [0.4, 0.5) is 0 Å². The maximum atomic E-state index is 12.6. The lowest BCUT2D eigenvalue weighted by Crippen LogP contribution is -2.27. The van der Waals surface area contributed by atoms with Gasteiger partial charge in [0.15, 0.2) is 0 Å². The molecule has 0 unspecified atom stereocenters. The highest BCUT2D eigenvalue weighted by atomic mass is 16.5. The van der Waals surface area contributed by atoms with Gasteiger partial charge in [-0.15, -0.1) is 6.42 Å². The summed E-state index contributed by atoms with van der Waals surface area (Å²) < 4.78 is 12.2. The molecular weight excluding hydrogens is 306 g/mol. The Morgan fingerprint density at radius 1 is 1.50 bits per heavy atom. The maximum absolute atomic E-state index is 12.6. The standard InChI is InChI=1S/C18H21N3O3/c1-6-10-24-15-9-7-8-14(11-15)12(2)19-17(22)16-13(3)20-21(4)18(16)23-5/h1,7-9,11-12H,10H2,2-5H3,(H,19,22)/t12-/m1/s1. The van der Waals surface area contributed by atoms with Gasteiger partial charge < -0.3 is 14.8 Å². The number of benzene rings is 1. The first-order valence-electron chi connectivity index (χ1n) is 7.52. The number of carbonyl (C=O) groups is 1. The molecule has 0 fully saturated rings. The normalized spacial score (nSPS) is 11.5. The molecule has 0 bridgehead atoms. The Bertz CT molecular complexity index is 774. The number of nitrogens with one attached hydrogen (secondary N) is 1. The maximum Gasteiger partial charge on any atom is 0.259 e. The SMILES string of the molecule is C#CCOc1cccc([C@@H](C)NC(=O)c2c(C)nn(C)c2OC)c1. The van der Waals surface area contributed by atoms with Crippen LogP contribution in [0.3, 0.4) is 0 Å². The van der Waals surface area contributed by atoms with Crippen LogP contribution in [0.15, 0.2) is 24.3 Å². The number of amides is 1. The summed E-state index contributed by atoms with van der Waals surface area (Å²) in [6.45, 7) is 3.88. The number of ether oxygens (including phenoxy) is 2. The largest absolute Gasteiger partial charge is 0.481 e. The molecule has 126 valence electrons. The first kappa shape index (κ1) is 17.4. The fourth-order valence-electron chi connectivity index (χ4n) is 2.48. The summed E-state index contributed by atoms with van der Waals surface area (Å²) in [7, 11) is 3.25. The third-order valence-electron chi connectivity index (χ3n) is 3.62. The summed E-state index contributed by atoms with van der Waals surface area (Å²) in [5.41, 5.74) is 1.97. The number of nitrogens with zero attached hydrogens (tertiary/aromatic N) is 2. The lowest BCUT2D eigenvalue weighted by Gasteiger charge is -2.15. The van der Waals surface area contributed by atoms with Crippen molar-refractivity contribution in [1.82, 2.24) is 15.1 Å². The number of hydrogen-bond acceptors (Lipinski definition) is 4. The van der Waals surface area contributed by atoms with Crippen LogP contribution >= 0.6 is 0 Å². The molecule has 2 rings (SSSR count). The summed E-state index contributed by atoms with van der Waals surface area (Å²) in [5.74, 6) is 3.29. The first-order valence-corrected chi connectivity index (χ1v) is 7.52. The van der Waals surface area contributed by atoms with Crippen LogP contribution in [0, 0.1) is 19.3 Å². The van der Waals surface area contributed by atoms with E-state index in [1.54, 1.807) is 18.7 Å². The predicted molar refractivity (Wildman–Crippen MR) is 91.1 cm³/mol. The molecular formula is C18H21N3O3. The van der Waals surface area contributed by atoms with Gasteiger partial charge in [-0.05, 0) is 31.5 Å². The highest BCUT2D eigenvalue weighted by molar-refractivity contribution is 5.97. The number of terminal acetylenes is 1. The van der Waals surface area contributed by atoms with Gasteiger partial charge in [0, 0.05) is 7.05 Å². The minimum Gasteiger partial charge on any atom is -0.481 e. The van der Waals surface area contributed by atoms with Crippen LogP contribution in [0.5, 0.6) is 11.6 Å². The van der Waals surface area contributed by atoms with Gasteiger partial charge in [-0.1, -0.05) is 18.1 Å². The van der Waals surface area contributed by atoms with E-state index < -0.39 is 0 Å². The van der Waals surface area contributed by atoms with E-state index in [4.69, 9.17) is 15.9 Å². The van der Waals surface area contributed by atoms with Crippen molar-refractivity contribution in [3.8, 4) is 24.0 Å². The second-order valence-electron chi connectivity index (χ2n) is 5.35. The van der Waals surface area contributed by atoms with Crippen molar-refractivity contribution in [2.75, 3.05) is 13.7 Å². The molecule has 24 heavy (non-hydrogen) atoms. The summed E-state index contributed by atoms with van der Waals surface area (Å²) >= 11 is 0. The molecule has 0 aliphatic carbocycles. The van der Waals surface area contributed by atoms with Gasteiger partial charge in [0.25, 0.3) is 5.91 Å². The Balaban J connectivity index is 2.16. The third kappa shape index (κ3) is 3.69. The molecule has 1 atom stereocenters. The van der Waals surface area contributed by atoms with Crippen LogP contribution in [-0.2, 0) is 7.05 Å². The van der Waals surface area contributed by atoms with Crippen molar-refractivity contribution in [1.29, 1.82) is 0 Å². The summed E-state index contributed by atoms with van der Waals surface area (Å²) in [6, 6.07) is 7.25. The molecule has 0 saturated heterocycles. The molecule has 6 heteroatoms. The van der Waals surface area contributed by atoms with E-state index in [1.165, 1.54) is 7.11 Å². The van der Waals surface area contributed by atoms with Crippen molar-refractivity contribution in [2.24, 2.45) is 7.05 Å². The van der Waals surface area contributed by atoms with Crippen molar-refractivity contribution in [3.63, 3.8) is 0 Å². The highest BCUT2D eigenvalue weighted by Gasteiger charge is 2.22. The molecule has 1 heterocycles. The van der Waals surface area contributed by atoms with Gasteiger partial charge in [-0.2, -0.15) is 5.10 Å². The van der Waals surface area contributed by atoms with Crippen LogP contribution < -0.4 is 14.8 Å². The molecule has 1 aromatic heterocycles. The zero-order valence-electron chi connectivity index (χ0n) is 14.3. The third-order valence-corrected chi connectivity index (χ3v) is 3.62. The van der Waals surface area contributed by atoms with E-state index in [9.17, 15) is 4.79 Å². The van der Waals surface area contributed by atoms with Crippen molar-refractivity contribution >= 4 is 5.91 Å². The Kier molecular flexibility index (Phi) is 5.48. The number of rotatable bonds is 6. The van der Waals surface area contributed by atoms with E-state index in [0.29, 0.717) is 22.9 Å². The van der Waals surface area contributed by atoms with Crippen LogP contribution in [0.1, 0.15) is 34.6 Å².